The summed E-state index contributed by atoms with van der Waals surface area (Å²) in [6, 6.07) is 7.64. The summed E-state index contributed by atoms with van der Waals surface area (Å²) in [7, 11) is 0. The second-order valence-electron chi connectivity index (χ2n) is 4.25. The molecule has 0 radical (unpaired) electrons. The van der Waals surface area contributed by atoms with Crippen LogP contribution in [0.1, 0.15) is 10.5 Å². The number of hydrogen-bond acceptors (Lipinski definition) is 2. The molecule has 1 aliphatic heterocycles. The molecule has 0 saturated carbocycles. The van der Waals surface area contributed by atoms with Crippen molar-refractivity contribution in [2.45, 2.75) is 6.10 Å². The molecule has 3 rings (SSSR count). The molecular weight excluding hydrogens is 284 g/mol. The van der Waals surface area contributed by atoms with Crippen LogP contribution in [-0.2, 0) is 0 Å². The largest absolute Gasteiger partial charge is 0.389 e. The van der Waals surface area contributed by atoms with E-state index in [1.165, 1.54) is 0 Å². The van der Waals surface area contributed by atoms with Crippen molar-refractivity contribution in [3.05, 3.63) is 34.4 Å². The fourth-order valence-corrected chi connectivity index (χ4v) is 2.51. The Morgan fingerprint density at radius 1 is 1.47 bits per heavy atom. The lowest BCUT2D eigenvalue weighted by atomic mass is 10.1. The van der Waals surface area contributed by atoms with E-state index in [4.69, 9.17) is 0 Å². The third kappa shape index (κ3) is 1.75. The van der Waals surface area contributed by atoms with Crippen LogP contribution in [0.2, 0.25) is 0 Å². The van der Waals surface area contributed by atoms with Gasteiger partial charge in [-0.15, -0.1) is 0 Å². The minimum Gasteiger partial charge on any atom is -0.389 e. The van der Waals surface area contributed by atoms with E-state index in [9.17, 15) is 9.90 Å². The molecule has 1 aromatic carbocycles. The molecule has 1 saturated heterocycles. The third-order valence-electron chi connectivity index (χ3n) is 2.99. The number of aliphatic hydroxyl groups excluding tert-OH is 1. The van der Waals surface area contributed by atoms with E-state index in [0.717, 1.165) is 15.4 Å². The molecule has 17 heavy (non-hydrogen) atoms. The van der Waals surface area contributed by atoms with Gasteiger partial charge in [-0.25, -0.2) is 0 Å². The lowest BCUT2D eigenvalue weighted by Crippen LogP contribution is -2.53. The number of aromatic amines is 1. The summed E-state index contributed by atoms with van der Waals surface area (Å²) >= 11 is 3.45. The first-order valence-electron chi connectivity index (χ1n) is 5.40. The van der Waals surface area contributed by atoms with Gasteiger partial charge >= 0.3 is 0 Å². The smallest absolute Gasteiger partial charge is 0.270 e. The Morgan fingerprint density at radius 3 is 2.88 bits per heavy atom. The maximum Gasteiger partial charge on any atom is 0.270 e. The Labute approximate surface area is 106 Å². The van der Waals surface area contributed by atoms with Gasteiger partial charge in [0.1, 0.15) is 5.69 Å². The minimum absolute atomic E-state index is 0.0570. The number of benzene rings is 1. The molecule has 1 amide bonds. The molecule has 0 bridgehead atoms. The number of carbonyl (C=O) groups excluding carboxylic acids is 1. The van der Waals surface area contributed by atoms with Crippen molar-refractivity contribution < 1.29 is 9.90 Å². The molecule has 0 atom stereocenters. The van der Waals surface area contributed by atoms with Crippen molar-refractivity contribution in [2.75, 3.05) is 13.1 Å². The lowest BCUT2D eigenvalue weighted by Gasteiger charge is -2.35. The Hall–Kier alpha value is -1.33. The minimum atomic E-state index is -0.366. The number of fused-ring (bicyclic) bond motifs is 1. The number of likely N-dealkylation sites (tertiary alicyclic amines) is 1. The van der Waals surface area contributed by atoms with E-state index in [-0.39, 0.29) is 12.0 Å². The van der Waals surface area contributed by atoms with Crippen molar-refractivity contribution >= 4 is 32.7 Å². The average Bonchev–Trinajstić information content (AvgIpc) is 2.69. The molecule has 0 unspecified atom stereocenters. The number of rotatable bonds is 1. The number of H-pyrrole nitrogens is 1. The number of aromatic nitrogens is 1. The van der Waals surface area contributed by atoms with Crippen LogP contribution in [0.15, 0.2) is 28.7 Å². The molecule has 1 aromatic heterocycles. The van der Waals surface area contributed by atoms with Gasteiger partial charge in [-0.05, 0) is 18.2 Å². The number of aliphatic hydroxyl groups is 1. The van der Waals surface area contributed by atoms with Gasteiger partial charge < -0.3 is 15.0 Å². The standard InChI is InChI=1S/C12H11BrN2O2/c13-9-2-1-3-10-8(9)4-11(14-10)12(17)15-5-7(16)6-15/h1-4,7,14,16H,5-6H2. The molecule has 0 aliphatic carbocycles. The van der Waals surface area contributed by atoms with Gasteiger partial charge in [0.2, 0.25) is 0 Å². The number of nitrogens with zero attached hydrogens (tertiary/aromatic N) is 1. The van der Waals surface area contributed by atoms with Crippen molar-refractivity contribution in [2.24, 2.45) is 0 Å². The van der Waals surface area contributed by atoms with Crippen molar-refractivity contribution in [1.82, 2.24) is 9.88 Å². The lowest BCUT2D eigenvalue weighted by molar-refractivity contribution is 0.00557. The zero-order valence-electron chi connectivity index (χ0n) is 8.98. The van der Waals surface area contributed by atoms with Crippen LogP contribution in [0.5, 0.6) is 0 Å². The van der Waals surface area contributed by atoms with Crippen molar-refractivity contribution in [3.63, 3.8) is 0 Å². The zero-order valence-corrected chi connectivity index (χ0v) is 10.6. The molecule has 1 fully saturated rings. The Bertz CT molecular complexity index is 587. The molecule has 4 nitrogen and oxygen atoms in total. The van der Waals surface area contributed by atoms with E-state index >= 15 is 0 Å². The summed E-state index contributed by atoms with van der Waals surface area (Å²) in [5, 5.41) is 10.2. The maximum atomic E-state index is 12.0. The second kappa shape index (κ2) is 3.85. The highest BCUT2D eigenvalue weighted by atomic mass is 79.9. The van der Waals surface area contributed by atoms with Gasteiger partial charge in [0, 0.05) is 28.5 Å². The highest BCUT2D eigenvalue weighted by molar-refractivity contribution is 9.10. The van der Waals surface area contributed by atoms with Crippen LogP contribution in [0.25, 0.3) is 10.9 Å². The molecule has 2 aromatic rings. The maximum absolute atomic E-state index is 12.0. The van der Waals surface area contributed by atoms with Gasteiger partial charge in [-0.2, -0.15) is 0 Å². The fourth-order valence-electron chi connectivity index (χ4n) is 2.02. The molecule has 1 aliphatic rings. The summed E-state index contributed by atoms with van der Waals surface area (Å²) in [6.07, 6.45) is -0.366. The van der Waals surface area contributed by atoms with Crippen LogP contribution in [-0.4, -0.2) is 40.1 Å². The number of β-amino-alcohol motifs (C(OH)–C–C–N with tert-alkyl or cyclic N) is 1. The van der Waals surface area contributed by atoms with Gasteiger partial charge in [0.05, 0.1) is 6.10 Å². The van der Waals surface area contributed by atoms with Gasteiger partial charge in [0.25, 0.3) is 5.91 Å². The van der Waals surface area contributed by atoms with Crippen LogP contribution in [0.4, 0.5) is 0 Å². The molecule has 5 heteroatoms. The SMILES string of the molecule is O=C(c1cc2c(Br)cccc2[nH]1)N1CC(O)C1. The second-order valence-corrected chi connectivity index (χ2v) is 5.10. The number of nitrogens with one attached hydrogen (secondary N) is 1. The fraction of sp³-hybridized carbons (Fsp3) is 0.250. The van der Waals surface area contributed by atoms with Gasteiger partial charge in [-0.3, -0.25) is 4.79 Å². The Kier molecular flexibility index (Phi) is 2.45. The molecule has 88 valence electrons. The highest BCUT2D eigenvalue weighted by Crippen LogP contribution is 2.25. The number of hydrogen-bond donors (Lipinski definition) is 2. The first kappa shape index (κ1) is 10.8. The van der Waals surface area contributed by atoms with Gasteiger partial charge in [-0.1, -0.05) is 22.0 Å². The van der Waals surface area contributed by atoms with Crippen LogP contribution in [0, 0.1) is 0 Å². The van der Waals surface area contributed by atoms with E-state index in [1.54, 1.807) is 4.90 Å². The Balaban J connectivity index is 1.96. The predicted molar refractivity (Wildman–Crippen MR) is 67.9 cm³/mol. The summed E-state index contributed by atoms with van der Waals surface area (Å²) < 4.78 is 0.967. The van der Waals surface area contributed by atoms with E-state index in [1.807, 2.05) is 24.3 Å². The zero-order chi connectivity index (χ0) is 12.0. The number of halogens is 1. The van der Waals surface area contributed by atoms with Crippen LogP contribution >= 0.6 is 15.9 Å². The topological polar surface area (TPSA) is 56.3 Å². The normalized spacial score (nSPS) is 16.2. The number of amides is 1. The molecule has 2 heterocycles. The van der Waals surface area contributed by atoms with E-state index in [0.29, 0.717) is 18.8 Å². The van der Waals surface area contributed by atoms with E-state index in [2.05, 4.69) is 20.9 Å². The third-order valence-corrected chi connectivity index (χ3v) is 3.68. The molecule has 2 N–H and O–H groups in total. The van der Waals surface area contributed by atoms with Gasteiger partial charge in [0.15, 0.2) is 0 Å². The molecule has 0 spiro atoms. The van der Waals surface area contributed by atoms with Crippen LogP contribution in [0.3, 0.4) is 0 Å². The van der Waals surface area contributed by atoms with E-state index < -0.39 is 0 Å². The van der Waals surface area contributed by atoms with Crippen molar-refractivity contribution in [3.8, 4) is 0 Å². The number of carbonyl (C=O) groups is 1. The average molecular weight is 295 g/mol. The summed E-state index contributed by atoms with van der Waals surface area (Å²) in [6.45, 7) is 0.852. The summed E-state index contributed by atoms with van der Waals surface area (Å²) in [5.74, 6) is -0.0570. The predicted octanol–water partition coefficient (Wildman–Crippen LogP) is 1.75. The molecular formula is C12H11BrN2O2. The first-order valence-corrected chi connectivity index (χ1v) is 6.19. The Morgan fingerprint density at radius 2 is 2.24 bits per heavy atom. The quantitative estimate of drug-likeness (QED) is 0.842. The monoisotopic (exact) mass is 294 g/mol. The first-order chi connectivity index (χ1) is 8.15. The highest BCUT2D eigenvalue weighted by Gasteiger charge is 2.30. The summed E-state index contributed by atoms with van der Waals surface area (Å²) in [4.78, 5) is 16.7. The van der Waals surface area contributed by atoms with Crippen LogP contribution < -0.4 is 0 Å². The summed E-state index contributed by atoms with van der Waals surface area (Å²) in [5.41, 5.74) is 1.50. The van der Waals surface area contributed by atoms with Crippen molar-refractivity contribution in [1.29, 1.82) is 0 Å².